The van der Waals surface area contributed by atoms with E-state index in [-0.39, 0.29) is 28.6 Å². The van der Waals surface area contributed by atoms with Gasteiger partial charge in [0.1, 0.15) is 11.6 Å². The standard InChI is InChI=1S/C22H17FN2O3S/c1-22-13-17(16-5-2-3-6-18(16)28-22)24(20(26)19-7-4-12-27-19)21(29)25(22)15-10-8-14(23)9-11-15/h2-12,17H,13H2,1H3/t17-,22-/m1/s1. The topological polar surface area (TPSA) is 45.9 Å². The minimum absolute atomic E-state index is 0.207. The molecule has 2 aromatic carbocycles. The van der Waals surface area contributed by atoms with Gasteiger partial charge in [-0.05, 0) is 61.6 Å². The van der Waals surface area contributed by atoms with E-state index >= 15 is 0 Å². The highest BCUT2D eigenvalue weighted by Crippen LogP contribution is 2.49. The molecule has 5 rings (SSSR count). The van der Waals surface area contributed by atoms with Crippen molar-refractivity contribution in [2.24, 2.45) is 0 Å². The van der Waals surface area contributed by atoms with Crippen LogP contribution in [0.25, 0.3) is 0 Å². The highest BCUT2D eigenvalue weighted by molar-refractivity contribution is 7.80. The Bertz CT molecular complexity index is 1100. The highest BCUT2D eigenvalue weighted by atomic mass is 32.1. The molecule has 0 aliphatic carbocycles. The third-order valence-electron chi connectivity index (χ3n) is 5.40. The van der Waals surface area contributed by atoms with Gasteiger partial charge in [-0.15, -0.1) is 0 Å². The van der Waals surface area contributed by atoms with E-state index in [0.717, 1.165) is 5.56 Å². The zero-order valence-electron chi connectivity index (χ0n) is 15.5. The largest absolute Gasteiger partial charge is 0.467 e. The first-order valence-corrected chi connectivity index (χ1v) is 9.63. The Hall–Kier alpha value is -3.19. The molecule has 2 aliphatic heterocycles. The smallest absolute Gasteiger partial charge is 0.296 e. The quantitative estimate of drug-likeness (QED) is 0.564. The molecule has 7 heteroatoms. The molecule has 3 heterocycles. The first-order chi connectivity index (χ1) is 14.0. The van der Waals surface area contributed by atoms with Crippen LogP contribution in [0, 0.1) is 5.82 Å². The number of amides is 1. The third kappa shape index (κ3) is 2.73. The Labute approximate surface area is 172 Å². The Morgan fingerprint density at radius 3 is 2.62 bits per heavy atom. The fourth-order valence-corrected chi connectivity index (χ4v) is 4.64. The molecule has 2 bridgehead atoms. The Balaban J connectivity index is 1.68. The van der Waals surface area contributed by atoms with Gasteiger partial charge in [0.2, 0.25) is 0 Å². The third-order valence-corrected chi connectivity index (χ3v) is 5.78. The lowest BCUT2D eigenvalue weighted by Crippen LogP contribution is -2.67. The van der Waals surface area contributed by atoms with Crippen LogP contribution < -0.4 is 9.64 Å². The van der Waals surface area contributed by atoms with Crippen LogP contribution in [-0.2, 0) is 0 Å². The number of ether oxygens (including phenoxy) is 1. The molecule has 5 nitrogen and oxygen atoms in total. The molecule has 1 fully saturated rings. The van der Waals surface area contributed by atoms with E-state index in [1.54, 1.807) is 34.1 Å². The van der Waals surface area contributed by atoms with Gasteiger partial charge in [-0.1, -0.05) is 18.2 Å². The fourth-order valence-electron chi connectivity index (χ4n) is 4.13. The van der Waals surface area contributed by atoms with E-state index in [2.05, 4.69) is 0 Å². The molecule has 0 unspecified atom stereocenters. The number of halogens is 1. The van der Waals surface area contributed by atoms with Gasteiger partial charge in [-0.25, -0.2) is 4.39 Å². The summed E-state index contributed by atoms with van der Waals surface area (Å²) in [5.41, 5.74) is 0.716. The van der Waals surface area contributed by atoms with Crippen molar-refractivity contribution >= 4 is 28.9 Å². The van der Waals surface area contributed by atoms with Gasteiger partial charge in [0.25, 0.3) is 5.91 Å². The zero-order chi connectivity index (χ0) is 20.2. The Morgan fingerprint density at radius 1 is 1.14 bits per heavy atom. The van der Waals surface area contributed by atoms with Gasteiger partial charge < -0.3 is 9.15 Å². The molecule has 1 aromatic heterocycles. The number of fused-ring (bicyclic) bond motifs is 4. The molecule has 146 valence electrons. The fraction of sp³-hybridized carbons (Fsp3) is 0.182. The van der Waals surface area contributed by atoms with Crippen LogP contribution in [0.5, 0.6) is 5.75 Å². The first-order valence-electron chi connectivity index (χ1n) is 9.23. The van der Waals surface area contributed by atoms with Crippen LogP contribution in [0.3, 0.4) is 0 Å². The van der Waals surface area contributed by atoms with Crippen LogP contribution in [0.2, 0.25) is 0 Å². The number of nitrogens with zero attached hydrogens (tertiary/aromatic N) is 2. The maximum Gasteiger partial charge on any atom is 0.296 e. The summed E-state index contributed by atoms with van der Waals surface area (Å²) >= 11 is 5.78. The summed E-state index contributed by atoms with van der Waals surface area (Å²) in [5.74, 6) is 0.228. The normalized spacial score (nSPS) is 22.8. The summed E-state index contributed by atoms with van der Waals surface area (Å²) in [6.07, 6.45) is 1.95. The number of benzene rings is 2. The molecule has 2 aliphatic rings. The number of carbonyl (C=O) groups excluding carboxylic acids is 1. The highest BCUT2D eigenvalue weighted by Gasteiger charge is 2.53. The molecule has 0 radical (unpaired) electrons. The van der Waals surface area contributed by atoms with E-state index in [4.69, 9.17) is 21.4 Å². The summed E-state index contributed by atoms with van der Waals surface area (Å²) in [6, 6.07) is 16.6. The second-order valence-corrected chi connectivity index (χ2v) is 7.65. The predicted molar refractivity (Wildman–Crippen MR) is 109 cm³/mol. The van der Waals surface area contributed by atoms with Gasteiger partial charge in [0, 0.05) is 17.7 Å². The van der Waals surface area contributed by atoms with E-state index in [0.29, 0.717) is 17.9 Å². The van der Waals surface area contributed by atoms with E-state index < -0.39 is 5.72 Å². The molecule has 2 atom stereocenters. The average Bonchev–Trinajstić information content (AvgIpc) is 3.24. The number of hydrogen-bond acceptors (Lipinski definition) is 4. The number of para-hydroxylation sites is 1. The molecular formula is C22H17FN2O3S. The van der Waals surface area contributed by atoms with E-state index in [1.807, 2.05) is 31.2 Å². The lowest BCUT2D eigenvalue weighted by atomic mass is 9.88. The molecule has 3 aromatic rings. The van der Waals surface area contributed by atoms with Gasteiger partial charge in [0.15, 0.2) is 16.6 Å². The van der Waals surface area contributed by atoms with Crippen LogP contribution >= 0.6 is 12.2 Å². The zero-order valence-corrected chi connectivity index (χ0v) is 16.4. The summed E-state index contributed by atoms with van der Waals surface area (Å²) in [5, 5.41) is 0.284. The van der Waals surface area contributed by atoms with Gasteiger partial charge in [-0.2, -0.15) is 0 Å². The molecule has 0 spiro atoms. The molecule has 1 amide bonds. The van der Waals surface area contributed by atoms with Crippen molar-refractivity contribution in [1.82, 2.24) is 4.90 Å². The number of rotatable bonds is 2. The van der Waals surface area contributed by atoms with Crippen molar-refractivity contribution in [3.63, 3.8) is 0 Å². The predicted octanol–water partition coefficient (Wildman–Crippen LogP) is 4.91. The Morgan fingerprint density at radius 2 is 1.90 bits per heavy atom. The summed E-state index contributed by atoms with van der Waals surface area (Å²) in [7, 11) is 0. The van der Waals surface area contributed by atoms with Crippen molar-refractivity contribution in [2.75, 3.05) is 4.90 Å². The minimum atomic E-state index is -0.826. The number of furan rings is 1. The average molecular weight is 408 g/mol. The van der Waals surface area contributed by atoms with Gasteiger partial charge >= 0.3 is 0 Å². The number of anilines is 1. The maximum atomic E-state index is 13.5. The number of carbonyl (C=O) groups is 1. The molecule has 0 saturated carbocycles. The Kier molecular flexibility index (Phi) is 3.96. The molecule has 29 heavy (non-hydrogen) atoms. The van der Waals surface area contributed by atoms with E-state index in [1.165, 1.54) is 18.4 Å². The van der Waals surface area contributed by atoms with Gasteiger partial charge in [-0.3, -0.25) is 14.6 Å². The second kappa shape index (κ2) is 6.42. The van der Waals surface area contributed by atoms with Crippen LogP contribution in [0.1, 0.15) is 35.5 Å². The van der Waals surface area contributed by atoms with Gasteiger partial charge in [0.05, 0.1) is 12.3 Å². The monoisotopic (exact) mass is 408 g/mol. The van der Waals surface area contributed by atoms with Crippen molar-refractivity contribution in [1.29, 1.82) is 0 Å². The summed E-state index contributed by atoms with van der Waals surface area (Å²) < 4.78 is 25.2. The van der Waals surface area contributed by atoms with Crippen LogP contribution in [0.4, 0.5) is 10.1 Å². The summed E-state index contributed by atoms with van der Waals surface area (Å²) in [6.45, 7) is 1.93. The van der Waals surface area contributed by atoms with Crippen molar-refractivity contribution in [3.05, 3.63) is 84.1 Å². The SMILES string of the molecule is C[C@]12C[C@H](c3ccccc3O1)N(C(=O)c1ccco1)C(=S)N2c1ccc(F)cc1. The number of hydrogen-bond donors (Lipinski definition) is 0. The molecule has 1 saturated heterocycles. The minimum Gasteiger partial charge on any atom is -0.467 e. The van der Waals surface area contributed by atoms with Crippen molar-refractivity contribution in [3.8, 4) is 5.75 Å². The van der Waals surface area contributed by atoms with Crippen molar-refractivity contribution < 1.29 is 18.3 Å². The first kappa shape index (κ1) is 17.9. The van der Waals surface area contributed by atoms with Crippen LogP contribution in [0.15, 0.2) is 71.3 Å². The molecular weight excluding hydrogens is 391 g/mol. The lowest BCUT2D eigenvalue weighted by molar-refractivity contribution is 0.0174. The second-order valence-electron chi connectivity index (χ2n) is 7.28. The number of thiocarbonyl (C=S) groups is 1. The maximum absolute atomic E-state index is 13.5. The van der Waals surface area contributed by atoms with Crippen molar-refractivity contribution in [2.45, 2.75) is 25.1 Å². The van der Waals surface area contributed by atoms with E-state index in [9.17, 15) is 9.18 Å². The summed E-state index contributed by atoms with van der Waals surface area (Å²) in [4.78, 5) is 16.7. The lowest BCUT2D eigenvalue weighted by Gasteiger charge is -2.55. The molecule has 0 N–H and O–H groups in total. The van der Waals surface area contributed by atoms with Crippen LogP contribution in [-0.4, -0.2) is 21.6 Å².